The van der Waals surface area contributed by atoms with Crippen LogP contribution >= 0.6 is 0 Å². The van der Waals surface area contributed by atoms with Crippen LogP contribution in [0.4, 0.5) is 0 Å². The minimum atomic E-state index is -0.427. The zero-order valence-corrected chi connectivity index (χ0v) is 8.67. The van der Waals surface area contributed by atoms with Gasteiger partial charge in [-0.05, 0) is 40.8 Å². The average molecular weight is 174 g/mol. The first-order chi connectivity index (χ1) is 5.39. The Morgan fingerprint density at radius 1 is 1.50 bits per heavy atom. The lowest BCUT2D eigenvalue weighted by atomic mass is 10.0. The van der Waals surface area contributed by atoms with Gasteiger partial charge in [-0.2, -0.15) is 0 Å². The van der Waals surface area contributed by atoms with E-state index >= 15 is 0 Å². The van der Waals surface area contributed by atoms with Crippen LogP contribution in [0.2, 0.25) is 0 Å². The van der Waals surface area contributed by atoms with Gasteiger partial charge in [-0.1, -0.05) is 0 Å². The van der Waals surface area contributed by atoms with Gasteiger partial charge in [0.25, 0.3) is 0 Å². The zero-order valence-electron chi connectivity index (χ0n) is 8.67. The van der Waals surface area contributed by atoms with Crippen molar-refractivity contribution in [3.8, 4) is 0 Å². The minimum Gasteiger partial charge on any atom is -0.394 e. The van der Waals surface area contributed by atoms with Crippen LogP contribution in [0.5, 0.6) is 0 Å². The molecule has 0 saturated carbocycles. The maximum atomic E-state index is 8.90. The summed E-state index contributed by atoms with van der Waals surface area (Å²) in [5, 5.41) is 8.90. The number of rotatable bonds is 5. The summed E-state index contributed by atoms with van der Waals surface area (Å²) in [5.74, 6) is 0. The quantitative estimate of drug-likeness (QED) is 0.635. The fraction of sp³-hybridized carbons (Fsp3) is 1.00. The molecular formula is C9H22N2O. The van der Waals surface area contributed by atoms with Gasteiger partial charge >= 0.3 is 0 Å². The van der Waals surface area contributed by atoms with E-state index in [1.807, 2.05) is 6.92 Å². The van der Waals surface area contributed by atoms with Crippen molar-refractivity contribution in [2.75, 3.05) is 20.2 Å². The molecule has 0 amide bonds. The predicted octanol–water partition coefficient (Wildman–Crippen LogP) is 0.426. The molecule has 0 rings (SSSR count). The Bertz CT molecular complexity index is 124. The van der Waals surface area contributed by atoms with Crippen molar-refractivity contribution < 1.29 is 5.11 Å². The molecule has 0 saturated heterocycles. The summed E-state index contributed by atoms with van der Waals surface area (Å²) in [6, 6.07) is 0.541. The van der Waals surface area contributed by atoms with Crippen LogP contribution in [-0.2, 0) is 0 Å². The van der Waals surface area contributed by atoms with Gasteiger partial charge in [0.15, 0.2) is 0 Å². The second-order valence-electron chi connectivity index (χ2n) is 4.14. The highest BCUT2D eigenvalue weighted by Gasteiger charge is 2.17. The summed E-state index contributed by atoms with van der Waals surface area (Å²) in [5.41, 5.74) is 5.36. The SMILES string of the molecule is CC(C)N(C)CCC(C)(N)CO. The summed E-state index contributed by atoms with van der Waals surface area (Å²) in [7, 11) is 2.07. The summed E-state index contributed by atoms with van der Waals surface area (Å²) in [6.45, 7) is 7.16. The normalized spacial score (nSPS) is 17.0. The Balaban J connectivity index is 3.67. The lowest BCUT2D eigenvalue weighted by molar-refractivity contribution is 0.174. The molecular weight excluding hydrogens is 152 g/mol. The summed E-state index contributed by atoms with van der Waals surface area (Å²) in [4.78, 5) is 2.22. The third kappa shape index (κ3) is 4.70. The number of hydrogen-bond acceptors (Lipinski definition) is 3. The topological polar surface area (TPSA) is 49.5 Å². The number of aliphatic hydroxyl groups is 1. The molecule has 0 aliphatic heterocycles. The van der Waals surface area contributed by atoms with Crippen molar-refractivity contribution in [2.24, 2.45) is 5.73 Å². The maximum Gasteiger partial charge on any atom is 0.0608 e. The van der Waals surface area contributed by atoms with Crippen LogP contribution in [0.3, 0.4) is 0 Å². The molecule has 0 aromatic rings. The molecule has 0 bridgehead atoms. The Kier molecular flexibility index (Phi) is 4.75. The molecule has 12 heavy (non-hydrogen) atoms. The molecule has 1 unspecified atom stereocenters. The Hall–Kier alpha value is -0.120. The van der Waals surface area contributed by atoms with Crippen molar-refractivity contribution in [3.63, 3.8) is 0 Å². The molecule has 3 N–H and O–H groups in total. The molecule has 0 aliphatic rings. The molecule has 0 aromatic heterocycles. The molecule has 0 aromatic carbocycles. The highest BCUT2D eigenvalue weighted by Crippen LogP contribution is 2.06. The molecule has 0 radical (unpaired) electrons. The van der Waals surface area contributed by atoms with E-state index in [-0.39, 0.29) is 6.61 Å². The first-order valence-corrected chi connectivity index (χ1v) is 4.49. The van der Waals surface area contributed by atoms with Gasteiger partial charge in [0.05, 0.1) is 6.61 Å². The van der Waals surface area contributed by atoms with Crippen LogP contribution in [0, 0.1) is 0 Å². The van der Waals surface area contributed by atoms with Crippen molar-refractivity contribution in [1.82, 2.24) is 4.90 Å². The largest absolute Gasteiger partial charge is 0.394 e. The van der Waals surface area contributed by atoms with Crippen LogP contribution in [0.25, 0.3) is 0 Å². The van der Waals surface area contributed by atoms with Crippen molar-refractivity contribution in [2.45, 2.75) is 38.8 Å². The third-order valence-corrected chi connectivity index (χ3v) is 2.28. The molecule has 3 nitrogen and oxygen atoms in total. The first-order valence-electron chi connectivity index (χ1n) is 4.49. The molecule has 1 atom stereocenters. The van der Waals surface area contributed by atoms with E-state index in [0.29, 0.717) is 6.04 Å². The van der Waals surface area contributed by atoms with E-state index in [0.717, 1.165) is 13.0 Å². The van der Waals surface area contributed by atoms with Gasteiger partial charge in [0, 0.05) is 11.6 Å². The summed E-state index contributed by atoms with van der Waals surface area (Å²) < 4.78 is 0. The van der Waals surface area contributed by atoms with E-state index in [1.54, 1.807) is 0 Å². The molecule has 0 heterocycles. The summed E-state index contributed by atoms with van der Waals surface area (Å²) >= 11 is 0. The van der Waals surface area contributed by atoms with Gasteiger partial charge in [0.2, 0.25) is 0 Å². The van der Waals surface area contributed by atoms with Gasteiger partial charge in [-0.25, -0.2) is 0 Å². The maximum absolute atomic E-state index is 8.90. The van der Waals surface area contributed by atoms with Crippen LogP contribution in [-0.4, -0.2) is 41.8 Å². The lowest BCUT2D eigenvalue weighted by Gasteiger charge is -2.27. The summed E-state index contributed by atoms with van der Waals surface area (Å²) in [6.07, 6.45) is 0.832. The first kappa shape index (κ1) is 11.9. The van der Waals surface area contributed by atoms with Gasteiger partial charge in [0.1, 0.15) is 0 Å². The van der Waals surface area contributed by atoms with Crippen LogP contribution in [0.15, 0.2) is 0 Å². The zero-order chi connectivity index (χ0) is 9.78. The van der Waals surface area contributed by atoms with E-state index in [9.17, 15) is 0 Å². The monoisotopic (exact) mass is 174 g/mol. The van der Waals surface area contributed by atoms with E-state index < -0.39 is 5.54 Å². The highest BCUT2D eigenvalue weighted by atomic mass is 16.3. The van der Waals surface area contributed by atoms with E-state index in [2.05, 4.69) is 25.8 Å². The number of hydrogen-bond donors (Lipinski definition) is 2. The van der Waals surface area contributed by atoms with E-state index in [4.69, 9.17) is 10.8 Å². The molecule has 74 valence electrons. The predicted molar refractivity (Wildman–Crippen MR) is 52.1 cm³/mol. The van der Waals surface area contributed by atoms with Crippen molar-refractivity contribution in [3.05, 3.63) is 0 Å². The smallest absolute Gasteiger partial charge is 0.0608 e. The van der Waals surface area contributed by atoms with Gasteiger partial charge in [-0.15, -0.1) is 0 Å². The Morgan fingerprint density at radius 2 is 2.00 bits per heavy atom. The number of nitrogens with two attached hydrogens (primary N) is 1. The molecule has 0 spiro atoms. The van der Waals surface area contributed by atoms with E-state index in [1.165, 1.54) is 0 Å². The second-order valence-corrected chi connectivity index (χ2v) is 4.14. The van der Waals surface area contributed by atoms with Gasteiger partial charge in [-0.3, -0.25) is 0 Å². The lowest BCUT2D eigenvalue weighted by Crippen LogP contribution is -2.43. The number of nitrogens with zero attached hydrogens (tertiary/aromatic N) is 1. The molecule has 3 heteroatoms. The van der Waals surface area contributed by atoms with Crippen LogP contribution in [0.1, 0.15) is 27.2 Å². The van der Waals surface area contributed by atoms with Gasteiger partial charge < -0.3 is 15.7 Å². The molecule has 0 aliphatic carbocycles. The van der Waals surface area contributed by atoms with Crippen molar-refractivity contribution >= 4 is 0 Å². The number of aliphatic hydroxyl groups excluding tert-OH is 1. The van der Waals surface area contributed by atoms with Crippen molar-refractivity contribution in [1.29, 1.82) is 0 Å². The fourth-order valence-electron chi connectivity index (χ4n) is 0.769. The standard InChI is InChI=1S/C9H22N2O/c1-8(2)11(4)6-5-9(3,10)7-12/h8,12H,5-7,10H2,1-4H3. The fourth-order valence-corrected chi connectivity index (χ4v) is 0.769. The average Bonchev–Trinajstić information content (AvgIpc) is 2.00. The Morgan fingerprint density at radius 3 is 2.33 bits per heavy atom. The highest BCUT2D eigenvalue weighted by molar-refractivity contribution is 4.78. The van der Waals surface area contributed by atoms with Crippen LogP contribution < -0.4 is 5.73 Å². The third-order valence-electron chi connectivity index (χ3n) is 2.28. The molecule has 0 fully saturated rings. The minimum absolute atomic E-state index is 0.0545. The Labute approximate surface area is 75.6 Å². The second kappa shape index (κ2) is 4.80.